The first-order valence-corrected chi connectivity index (χ1v) is 7.79. The van der Waals surface area contributed by atoms with Crippen molar-refractivity contribution in [3.8, 4) is 0 Å². The van der Waals surface area contributed by atoms with Gasteiger partial charge in [0.15, 0.2) is 0 Å². The number of ether oxygens (including phenoxy) is 2. The zero-order chi connectivity index (χ0) is 17.4. The van der Waals surface area contributed by atoms with Gasteiger partial charge in [-0.15, -0.1) is 12.4 Å². The number of hydrogen-bond acceptors (Lipinski definition) is 5. The third-order valence-corrected chi connectivity index (χ3v) is 3.37. The third kappa shape index (κ3) is 7.68. The molecule has 0 radical (unpaired) electrons. The molecule has 1 aromatic rings. The van der Waals surface area contributed by atoms with E-state index in [2.05, 4.69) is 5.32 Å². The molecule has 1 aromatic carbocycles. The number of halogens is 3. The maximum Gasteiger partial charge on any atom is 0.328 e. The second kappa shape index (κ2) is 11.5. The van der Waals surface area contributed by atoms with E-state index in [1.54, 1.807) is 25.1 Å². The standard InChI is InChI=1S/C15H20Cl2N2O4.ClH/c1-3-23-15(21)13(19-14(20)12(18)8-22-2)6-9-4-10(16)7-11(17)5-9;/h4-5,7,12-13H,3,6,8,18H2,1-2H3,(H,19,20);1H. The molecule has 0 saturated heterocycles. The number of carbonyl (C=O) groups is 2. The van der Waals surface area contributed by atoms with Gasteiger partial charge in [0.2, 0.25) is 5.91 Å². The van der Waals surface area contributed by atoms with Crippen molar-refractivity contribution >= 4 is 47.5 Å². The lowest BCUT2D eigenvalue weighted by molar-refractivity contribution is -0.147. The van der Waals surface area contributed by atoms with Crippen LogP contribution < -0.4 is 11.1 Å². The quantitative estimate of drug-likeness (QED) is 0.652. The highest BCUT2D eigenvalue weighted by atomic mass is 35.5. The molecule has 0 heterocycles. The smallest absolute Gasteiger partial charge is 0.328 e. The van der Waals surface area contributed by atoms with Crippen molar-refractivity contribution in [1.29, 1.82) is 0 Å². The van der Waals surface area contributed by atoms with Crippen LogP contribution in [0.5, 0.6) is 0 Å². The molecule has 9 heteroatoms. The summed E-state index contributed by atoms with van der Waals surface area (Å²) < 4.78 is 9.81. The van der Waals surface area contributed by atoms with Gasteiger partial charge in [-0.05, 0) is 30.7 Å². The fourth-order valence-electron chi connectivity index (χ4n) is 1.93. The molecule has 6 nitrogen and oxygen atoms in total. The Bertz CT molecular complexity index is 537. The molecule has 0 saturated carbocycles. The Balaban J connectivity index is 0.00000529. The fraction of sp³-hybridized carbons (Fsp3) is 0.467. The average molecular weight is 400 g/mol. The van der Waals surface area contributed by atoms with Crippen molar-refractivity contribution in [2.75, 3.05) is 20.3 Å². The van der Waals surface area contributed by atoms with E-state index in [4.69, 9.17) is 38.4 Å². The molecular weight excluding hydrogens is 379 g/mol. The summed E-state index contributed by atoms with van der Waals surface area (Å²) in [5.74, 6) is -1.06. The number of nitrogens with one attached hydrogen (secondary N) is 1. The lowest BCUT2D eigenvalue weighted by Gasteiger charge is -2.20. The van der Waals surface area contributed by atoms with E-state index in [1.165, 1.54) is 7.11 Å². The second-order valence-electron chi connectivity index (χ2n) is 4.86. The summed E-state index contributed by atoms with van der Waals surface area (Å²) in [4.78, 5) is 24.1. The van der Waals surface area contributed by atoms with Crippen molar-refractivity contribution in [2.24, 2.45) is 5.73 Å². The van der Waals surface area contributed by atoms with E-state index >= 15 is 0 Å². The van der Waals surface area contributed by atoms with Gasteiger partial charge in [-0.2, -0.15) is 0 Å². The molecule has 0 fully saturated rings. The van der Waals surface area contributed by atoms with Crippen LogP contribution in [0.1, 0.15) is 12.5 Å². The van der Waals surface area contributed by atoms with Crippen LogP contribution >= 0.6 is 35.6 Å². The third-order valence-electron chi connectivity index (χ3n) is 2.93. The molecule has 136 valence electrons. The number of benzene rings is 1. The molecule has 0 aliphatic rings. The van der Waals surface area contributed by atoms with Gasteiger partial charge >= 0.3 is 5.97 Å². The fourth-order valence-corrected chi connectivity index (χ4v) is 2.51. The topological polar surface area (TPSA) is 90.7 Å². The van der Waals surface area contributed by atoms with Crippen LogP contribution in [-0.2, 0) is 25.5 Å². The molecule has 2 unspecified atom stereocenters. The molecule has 2 atom stereocenters. The predicted octanol–water partition coefficient (Wildman–Crippen LogP) is 1.98. The minimum Gasteiger partial charge on any atom is -0.464 e. The second-order valence-corrected chi connectivity index (χ2v) is 5.73. The Labute approximate surface area is 157 Å². The number of esters is 1. The van der Waals surface area contributed by atoms with E-state index in [1.807, 2.05) is 0 Å². The van der Waals surface area contributed by atoms with Crippen LogP contribution in [0.4, 0.5) is 0 Å². The number of hydrogen-bond donors (Lipinski definition) is 2. The van der Waals surface area contributed by atoms with Gasteiger partial charge in [0, 0.05) is 23.6 Å². The summed E-state index contributed by atoms with van der Waals surface area (Å²) in [6.45, 7) is 1.93. The van der Waals surface area contributed by atoms with Gasteiger partial charge in [0.1, 0.15) is 12.1 Å². The highest BCUT2D eigenvalue weighted by Gasteiger charge is 2.25. The normalized spacial score (nSPS) is 12.7. The van der Waals surface area contributed by atoms with Crippen molar-refractivity contribution in [3.63, 3.8) is 0 Å². The molecule has 0 spiro atoms. The Hall–Kier alpha value is -1.05. The molecule has 0 aliphatic carbocycles. The van der Waals surface area contributed by atoms with Crippen LogP contribution in [0.25, 0.3) is 0 Å². The highest BCUT2D eigenvalue weighted by Crippen LogP contribution is 2.20. The zero-order valence-electron chi connectivity index (χ0n) is 13.4. The first-order chi connectivity index (χ1) is 10.9. The zero-order valence-corrected chi connectivity index (χ0v) is 15.7. The summed E-state index contributed by atoms with van der Waals surface area (Å²) in [6, 6.07) is 3.15. The molecule has 24 heavy (non-hydrogen) atoms. The molecule has 0 aromatic heterocycles. The Morgan fingerprint density at radius 2 is 1.83 bits per heavy atom. The molecule has 3 N–H and O–H groups in total. The van der Waals surface area contributed by atoms with E-state index in [0.29, 0.717) is 15.6 Å². The van der Waals surface area contributed by atoms with Crippen LogP contribution in [0.2, 0.25) is 10.0 Å². The Kier molecular flexibility index (Phi) is 11.0. The van der Waals surface area contributed by atoms with Crippen molar-refractivity contribution in [3.05, 3.63) is 33.8 Å². The Morgan fingerprint density at radius 1 is 1.25 bits per heavy atom. The molecule has 0 bridgehead atoms. The van der Waals surface area contributed by atoms with E-state index < -0.39 is 24.0 Å². The summed E-state index contributed by atoms with van der Waals surface area (Å²) in [5, 5.41) is 3.45. The molecular formula is C15H21Cl3N2O4. The maximum atomic E-state index is 12.1. The van der Waals surface area contributed by atoms with E-state index in [-0.39, 0.29) is 32.0 Å². The number of carbonyl (C=O) groups excluding carboxylic acids is 2. The van der Waals surface area contributed by atoms with E-state index in [9.17, 15) is 9.59 Å². The summed E-state index contributed by atoms with van der Waals surface area (Å²) in [5.41, 5.74) is 6.36. The minimum atomic E-state index is -0.889. The molecule has 1 amide bonds. The summed E-state index contributed by atoms with van der Waals surface area (Å²) in [6.07, 6.45) is 0.185. The lowest BCUT2D eigenvalue weighted by atomic mass is 10.1. The van der Waals surface area contributed by atoms with Crippen molar-refractivity contribution in [1.82, 2.24) is 5.32 Å². The van der Waals surface area contributed by atoms with Crippen molar-refractivity contribution in [2.45, 2.75) is 25.4 Å². The van der Waals surface area contributed by atoms with Gasteiger partial charge in [0.05, 0.1) is 13.2 Å². The van der Waals surface area contributed by atoms with Gasteiger partial charge in [-0.3, -0.25) is 4.79 Å². The van der Waals surface area contributed by atoms with Gasteiger partial charge in [-0.25, -0.2) is 4.79 Å². The number of methoxy groups -OCH3 is 1. The van der Waals surface area contributed by atoms with Gasteiger partial charge in [0.25, 0.3) is 0 Å². The van der Waals surface area contributed by atoms with Crippen LogP contribution in [0.3, 0.4) is 0 Å². The summed E-state index contributed by atoms with van der Waals surface area (Å²) >= 11 is 11.9. The maximum absolute atomic E-state index is 12.1. The van der Waals surface area contributed by atoms with Crippen LogP contribution in [0.15, 0.2) is 18.2 Å². The van der Waals surface area contributed by atoms with Gasteiger partial charge < -0.3 is 20.5 Å². The van der Waals surface area contributed by atoms with Crippen LogP contribution in [0, 0.1) is 0 Å². The SMILES string of the molecule is CCOC(=O)C(Cc1cc(Cl)cc(Cl)c1)NC(=O)C(N)COC.Cl. The highest BCUT2D eigenvalue weighted by molar-refractivity contribution is 6.34. The first kappa shape index (κ1) is 22.9. The molecule has 1 rings (SSSR count). The molecule has 0 aliphatic heterocycles. The van der Waals surface area contributed by atoms with Crippen molar-refractivity contribution < 1.29 is 19.1 Å². The minimum absolute atomic E-state index is 0. The number of amides is 1. The average Bonchev–Trinajstić information content (AvgIpc) is 2.45. The largest absolute Gasteiger partial charge is 0.464 e. The Morgan fingerprint density at radius 3 is 2.33 bits per heavy atom. The lowest BCUT2D eigenvalue weighted by Crippen LogP contribution is -2.51. The van der Waals surface area contributed by atoms with Gasteiger partial charge in [-0.1, -0.05) is 23.2 Å². The summed E-state index contributed by atoms with van der Waals surface area (Å²) in [7, 11) is 1.43. The predicted molar refractivity (Wildman–Crippen MR) is 95.8 cm³/mol. The number of nitrogens with two attached hydrogens (primary N) is 1. The number of rotatable bonds is 8. The van der Waals surface area contributed by atoms with E-state index in [0.717, 1.165) is 0 Å². The first-order valence-electron chi connectivity index (χ1n) is 7.03. The monoisotopic (exact) mass is 398 g/mol. The van der Waals surface area contributed by atoms with Crippen LogP contribution in [-0.4, -0.2) is 44.3 Å².